The Morgan fingerprint density at radius 3 is 2.64 bits per heavy atom. The topological polar surface area (TPSA) is 70.7 Å². The van der Waals surface area contributed by atoms with Crippen molar-refractivity contribution in [3.8, 4) is 0 Å². The van der Waals surface area contributed by atoms with Crippen molar-refractivity contribution in [2.45, 2.75) is 39.2 Å². The Balaban J connectivity index is 1.55. The molecule has 5 nitrogen and oxygen atoms in total. The predicted molar refractivity (Wildman–Crippen MR) is 88.9 cm³/mol. The minimum absolute atomic E-state index is 0.281. The van der Waals surface area contributed by atoms with Crippen LogP contribution in [-0.2, 0) is 4.79 Å². The van der Waals surface area contributed by atoms with Gasteiger partial charge in [0.25, 0.3) is 0 Å². The van der Waals surface area contributed by atoms with Crippen molar-refractivity contribution in [1.29, 1.82) is 0 Å². The Bertz CT molecular complexity index is 586. The summed E-state index contributed by atoms with van der Waals surface area (Å²) in [7, 11) is 0. The third-order valence-corrected chi connectivity index (χ3v) is 4.24. The number of hydrogen-bond acceptors (Lipinski definition) is 2. The van der Waals surface area contributed by atoms with Gasteiger partial charge >= 0.3 is 0 Å². The number of hydrogen-bond donors (Lipinski definition) is 2. The van der Waals surface area contributed by atoms with Crippen LogP contribution in [0.25, 0.3) is 0 Å². The molecule has 1 heterocycles. The summed E-state index contributed by atoms with van der Waals surface area (Å²) >= 11 is 0. The van der Waals surface area contributed by atoms with Crippen molar-refractivity contribution in [2.75, 3.05) is 18.4 Å². The Hall–Kier alpha value is -2.04. The molecule has 2 fully saturated rings. The number of nitrogens with zero attached hydrogens (tertiary/aromatic N) is 2. The van der Waals surface area contributed by atoms with Gasteiger partial charge in [0.2, 0.25) is 5.91 Å². The van der Waals surface area contributed by atoms with Gasteiger partial charge in [0.05, 0.1) is 0 Å². The van der Waals surface area contributed by atoms with Crippen LogP contribution in [-0.4, -0.2) is 35.9 Å². The number of benzene rings is 1. The average molecular weight is 300 g/mol. The first-order valence-corrected chi connectivity index (χ1v) is 7.96. The van der Waals surface area contributed by atoms with E-state index in [1.54, 1.807) is 0 Å². The highest BCUT2D eigenvalue weighted by molar-refractivity contribution is 5.92. The van der Waals surface area contributed by atoms with Crippen LogP contribution in [0.15, 0.2) is 23.2 Å². The second kappa shape index (κ2) is 5.99. The number of rotatable bonds is 4. The molecule has 22 heavy (non-hydrogen) atoms. The summed E-state index contributed by atoms with van der Waals surface area (Å²) in [6.45, 7) is 5.56. The maximum atomic E-state index is 11.9. The first-order valence-electron chi connectivity index (χ1n) is 7.96. The van der Waals surface area contributed by atoms with Crippen LogP contribution in [0, 0.1) is 19.8 Å². The van der Waals surface area contributed by atoms with E-state index in [4.69, 9.17) is 5.73 Å². The lowest BCUT2D eigenvalue weighted by molar-refractivity contribution is -0.128. The zero-order valence-electron chi connectivity index (χ0n) is 13.3. The molecule has 0 spiro atoms. The maximum Gasteiger partial charge on any atom is 0.223 e. The fourth-order valence-corrected chi connectivity index (χ4v) is 3.13. The van der Waals surface area contributed by atoms with Crippen LogP contribution in [0.3, 0.4) is 0 Å². The molecule has 0 radical (unpaired) electrons. The Labute approximate surface area is 131 Å². The summed E-state index contributed by atoms with van der Waals surface area (Å²) in [5, 5.41) is 3.13. The molecule has 1 aromatic carbocycles. The Morgan fingerprint density at radius 1 is 1.32 bits per heavy atom. The largest absolute Gasteiger partial charge is 0.370 e. The second-order valence-electron chi connectivity index (χ2n) is 6.57. The summed E-state index contributed by atoms with van der Waals surface area (Å²) in [4.78, 5) is 18.3. The van der Waals surface area contributed by atoms with Crippen LogP contribution >= 0.6 is 0 Å². The fraction of sp³-hybridized carbons (Fsp3) is 0.529. The third-order valence-electron chi connectivity index (χ3n) is 4.24. The van der Waals surface area contributed by atoms with Gasteiger partial charge in [-0.25, -0.2) is 0 Å². The van der Waals surface area contributed by atoms with E-state index in [1.165, 1.54) is 11.1 Å². The summed E-state index contributed by atoms with van der Waals surface area (Å²) < 4.78 is 0. The van der Waals surface area contributed by atoms with Gasteiger partial charge in [-0.05, 0) is 49.9 Å². The molecular weight excluding hydrogens is 276 g/mol. The van der Waals surface area contributed by atoms with Crippen LogP contribution in [0.4, 0.5) is 5.69 Å². The van der Waals surface area contributed by atoms with Crippen molar-refractivity contribution in [1.82, 2.24) is 4.90 Å². The number of nitrogens with two attached hydrogens (primary N) is 1. The monoisotopic (exact) mass is 300 g/mol. The summed E-state index contributed by atoms with van der Waals surface area (Å²) in [5.41, 5.74) is 9.31. The standard InChI is InChI=1S/C17H24N4O/c1-11-5-12(2)7-14(6-11)20-17(18)19-9-13-8-16(22)21(10-13)15-3-4-15/h5-7,13,15H,3-4,8-10H2,1-2H3,(H3,18,19,20). The van der Waals surface area contributed by atoms with Gasteiger partial charge in [0.1, 0.15) is 0 Å². The van der Waals surface area contributed by atoms with Gasteiger partial charge < -0.3 is 16.0 Å². The molecule has 3 N–H and O–H groups in total. The highest BCUT2D eigenvalue weighted by Gasteiger charge is 2.39. The first kappa shape index (κ1) is 14.9. The number of carbonyl (C=O) groups excluding carboxylic acids is 1. The van der Waals surface area contributed by atoms with E-state index < -0.39 is 0 Å². The minimum Gasteiger partial charge on any atom is -0.370 e. The number of anilines is 1. The zero-order chi connectivity index (χ0) is 15.7. The fourth-order valence-electron chi connectivity index (χ4n) is 3.13. The summed E-state index contributed by atoms with van der Waals surface area (Å²) in [5.74, 6) is 0.999. The lowest BCUT2D eigenvalue weighted by Crippen LogP contribution is -2.28. The van der Waals surface area contributed by atoms with Gasteiger partial charge in [-0.3, -0.25) is 9.79 Å². The molecule has 118 valence electrons. The van der Waals surface area contributed by atoms with Gasteiger partial charge in [0, 0.05) is 37.2 Å². The predicted octanol–water partition coefficient (Wildman–Crippen LogP) is 2.04. The number of guanidine groups is 1. The first-order chi connectivity index (χ1) is 10.5. The number of nitrogens with one attached hydrogen (secondary N) is 1. The maximum absolute atomic E-state index is 11.9. The number of likely N-dealkylation sites (tertiary alicyclic amines) is 1. The van der Waals surface area contributed by atoms with Gasteiger partial charge in [0.15, 0.2) is 5.96 Å². The smallest absolute Gasteiger partial charge is 0.223 e. The van der Waals surface area contributed by atoms with Crippen molar-refractivity contribution >= 4 is 17.6 Å². The lowest BCUT2D eigenvalue weighted by Gasteiger charge is -2.14. The average Bonchev–Trinajstić information content (AvgIpc) is 3.19. The quantitative estimate of drug-likeness (QED) is 0.660. The number of aryl methyl sites for hydroxylation is 2. The minimum atomic E-state index is 0.281. The van der Waals surface area contributed by atoms with E-state index in [0.29, 0.717) is 30.9 Å². The molecule has 0 aromatic heterocycles. The van der Waals surface area contributed by atoms with Crippen LogP contribution < -0.4 is 11.1 Å². The Morgan fingerprint density at radius 2 is 2.00 bits per heavy atom. The molecule has 5 heteroatoms. The highest BCUT2D eigenvalue weighted by atomic mass is 16.2. The molecule has 1 unspecified atom stereocenters. The molecule has 1 aromatic rings. The summed E-state index contributed by atoms with van der Waals surface area (Å²) in [6.07, 6.45) is 2.94. The number of amides is 1. The van der Waals surface area contributed by atoms with Crippen LogP contribution in [0.5, 0.6) is 0 Å². The normalized spacial score (nSPS) is 22.3. The van der Waals surface area contributed by atoms with Gasteiger partial charge in [-0.15, -0.1) is 0 Å². The molecule has 1 aliphatic heterocycles. The van der Waals surface area contributed by atoms with E-state index in [9.17, 15) is 4.79 Å². The Kier molecular flexibility index (Phi) is 4.05. The van der Waals surface area contributed by atoms with E-state index in [-0.39, 0.29) is 5.91 Å². The van der Waals surface area contributed by atoms with Gasteiger partial charge in [-0.2, -0.15) is 0 Å². The third kappa shape index (κ3) is 3.59. The number of aliphatic imine (C=N–C) groups is 1. The molecule has 0 bridgehead atoms. The molecule has 2 aliphatic rings. The zero-order valence-corrected chi connectivity index (χ0v) is 13.3. The van der Waals surface area contributed by atoms with E-state index >= 15 is 0 Å². The molecular formula is C17H24N4O. The van der Waals surface area contributed by atoms with E-state index in [0.717, 1.165) is 25.1 Å². The SMILES string of the molecule is Cc1cc(C)cc(NC(N)=NCC2CC(=O)N(C3CC3)C2)c1. The van der Waals surface area contributed by atoms with Crippen molar-refractivity contribution < 1.29 is 4.79 Å². The molecule has 1 saturated heterocycles. The van der Waals surface area contributed by atoms with Crippen molar-refractivity contribution in [3.63, 3.8) is 0 Å². The molecule has 1 saturated carbocycles. The van der Waals surface area contributed by atoms with Crippen molar-refractivity contribution in [3.05, 3.63) is 29.3 Å². The second-order valence-corrected chi connectivity index (χ2v) is 6.57. The van der Waals surface area contributed by atoms with Crippen LogP contribution in [0.1, 0.15) is 30.4 Å². The van der Waals surface area contributed by atoms with E-state index in [2.05, 4.69) is 30.2 Å². The molecule has 3 rings (SSSR count). The van der Waals surface area contributed by atoms with Gasteiger partial charge in [-0.1, -0.05) is 6.07 Å². The van der Waals surface area contributed by atoms with Crippen molar-refractivity contribution in [2.24, 2.45) is 16.6 Å². The lowest BCUT2D eigenvalue weighted by atomic mass is 10.1. The van der Waals surface area contributed by atoms with E-state index in [1.807, 2.05) is 17.0 Å². The molecule has 1 aliphatic carbocycles. The molecule has 1 atom stereocenters. The highest BCUT2D eigenvalue weighted by Crippen LogP contribution is 2.32. The summed E-state index contributed by atoms with van der Waals surface area (Å²) in [6, 6.07) is 6.72. The number of carbonyl (C=O) groups is 1. The molecule has 1 amide bonds. The van der Waals surface area contributed by atoms with Crippen LogP contribution in [0.2, 0.25) is 0 Å².